The Hall–Kier alpha value is -2.09. The van der Waals surface area contributed by atoms with Gasteiger partial charge >= 0.3 is 18.0 Å². The van der Waals surface area contributed by atoms with Crippen molar-refractivity contribution in [2.24, 2.45) is 0 Å². The van der Waals surface area contributed by atoms with Crippen molar-refractivity contribution >= 4 is 34.3 Å². The summed E-state index contributed by atoms with van der Waals surface area (Å²) in [5.74, 6) is -1.41. The van der Waals surface area contributed by atoms with Crippen LogP contribution in [-0.4, -0.2) is 36.7 Å². The third-order valence-corrected chi connectivity index (χ3v) is 4.02. The van der Waals surface area contributed by atoms with Crippen LogP contribution in [0.5, 0.6) is 0 Å². The highest BCUT2D eigenvalue weighted by Crippen LogP contribution is 2.32. The van der Waals surface area contributed by atoms with Crippen molar-refractivity contribution in [1.29, 1.82) is 0 Å². The number of carboxylic acid groups (broad SMARTS) is 1. The number of carbonyl (C=O) groups excluding carboxylic acids is 2. The van der Waals surface area contributed by atoms with E-state index in [0.717, 1.165) is 4.88 Å². The molecule has 8 heteroatoms. The summed E-state index contributed by atoms with van der Waals surface area (Å²) in [6, 6.07) is -0.497. The molecule has 1 rings (SSSR count). The van der Waals surface area contributed by atoms with Crippen LogP contribution in [0.2, 0.25) is 0 Å². The largest absolute Gasteiger partial charge is 0.478 e. The lowest BCUT2D eigenvalue weighted by atomic mass is 10.1. The highest BCUT2D eigenvalue weighted by atomic mass is 32.1. The first-order valence-electron chi connectivity index (χ1n) is 6.31. The Kier molecular flexibility index (Phi) is 6.16. The molecule has 2 amide bonds. The minimum atomic E-state index is -1.07. The molecule has 0 unspecified atom stereocenters. The molecule has 0 aromatic carbocycles. The molecule has 7 nitrogen and oxygen atoms in total. The molecule has 0 saturated carbocycles. The number of hydrogen-bond donors (Lipinski definition) is 3. The first kappa shape index (κ1) is 17.0. The SMILES string of the molecule is COC(=O)CCCNC(=O)Nc1sc(C)c(C)c1C(=O)O. The van der Waals surface area contributed by atoms with Gasteiger partial charge in [-0.05, 0) is 25.8 Å². The fourth-order valence-corrected chi connectivity index (χ4v) is 2.70. The molecule has 3 N–H and O–H groups in total. The number of aromatic carboxylic acids is 1. The molecule has 0 aliphatic heterocycles. The number of hydrogen-bond acceptors (Lipinski definition) is 5. The molecule has 0 aliphatic rings. The van der Waals surface area contributed by atoms with E-state index in [4.69, 9.17) is 5.11 Å². The van der Waals surface area contributed by atoms with Gasteiger partial charge in [-0.25, -0.2) is 9.59 Å². The second-order valence-electron chi connectivity index (χ2n) is 4.35. The molecule has 0 bridgehead atoms. The molecule has 1 aromatic heterocycles. The number of nitrogens with one attached hydrogen (secondary N) is 2. The van der Waals surface area contributed by atoms with Gasteiger partial charge in [-0.15, -0.1) is 11.3 Å². The number of aryl methyl sites for hydroxylation is 1. The van der Waals surface area contributed by atoms with Crippen LogP contribution < -0.4 is 10.6 Å². The number of thiophene rings is 1. The number of ether oxygens (including phenoxy) is 1. The van der Waals surface area contributed by atoms with Gasteiger partial charge in [-0.2, -0.15) is 0 Å². The first-order chi connectivity index (χ1) is 9.86. The molecule has 1 aromatic rings. The average molecular weight is 314 g/mol. The van der Waals surface area contributed by atoms with Crippen molar-refractivity contribution < 1.29 is 24.2 Å². The van der Waals surface area contributed by atoms with E-state index < -0.39 is 12.0 Å². The fourth-order valence-electron chi connectivity index (χ4n) is 1.66. The summed E-state index contributed by atoms with van der Waals surface area (Å²) in [6.45, 7) is 3.80. The molecular weight excluding hydrogens is 296 g/mol. The maximum Gasteiger partial charge on any atom is 0.338 e. The number of amides is 2. The third kappa shape index (κ3) is 4.75. The van der Waals surface area contributed by atoms with Crippen LogP contribution in [0.25, 0.3) is 0 Å². The predicted octanol–water partition coefficient (Wildman–Crippen LogP) is 2.14. The molecule has 0 spiro atoms. The fraction of sp³-hybridized carbons (Fsp3) is 0.462. The Morgan fingerprint density at radius 3 is 2.52 bits per heavy atom. The van der Waals surface area contributed by atoms with Crippen molar-refractivity contribution in [1.82, 2.24) is 5.32 Å². The molecule has 0 saturated heterocycles. The van der Waals surface area contributed by atoms with Gasteiger partial charge in [0.25, 0.3) is 0 Å². The van der Waals surface area contributed by atoms with Crippen molar-refractivity contribution in [2.75, 3.05) is 19.0 Å². The summed E-state index contributed by atoms with van der Waals surface area (Å²) in [7, 11) is 1.30. The number of rotatable bonds is 6. The minimum absolute atomic E-state index is 0.113. The van der Waals surface area contributed by atoms with Gasteiger partial charge in [-0.3, -0.25) is 10.1 Å². The summed E-state index contributed by atoms with van der Waals surface area (Å²) in [4.78, 5) is 34.6. The summed E-state index contributed by atoms with van der Waals surface area (Å²) in [5, 5.41) is 14.6. The summed E-state index contributed by atoms with van der Waals surface area (Å²) in [6.07, 6.45) is 0.669. The lowest BCUT2D eigenvalue weighted by Gasteiger charge is -2.06. The number of methoxy groups -OCH3 is 1. The zero-order valence-electron chi connectivity index (χ0n) is 12.1. The number of urea groups is 1. The quantitative estimate of drug-likeness (QED) is 0.551. The smallest absolute Gasteiger partial charge is 0.338 e. The Morgan fingerprint density at radius 1 is 1.29 bits per heavy atom. The Bertz CT molecular complexity index is 553. The summed E-state index contributed by atoms with van der Waals surface area (Å²) >= 11 is 1.22. The Morgan fingerprint density at radius 2 is 1.95 bits per heavy atom. The van der Waals surface area contributed by atoms with Crippen LogP contribution in [0.3, 0.4) is 0 Å². The van der Waals surface area contributed by atoms with Gasteiger partial charge in [-0.1, -0.05) is 0 Å². The van der Waals surface area contributed by atoms with Crippen molar-refractivity contribution in [3.63, 3.8) is 0 Å². The van der Waals surface area contributed by atoms with Crippen LogP contribution >= 0.6 is 11.3 Å². The van der Waals surface area contributed by atoms with E-state index in [2.05, 4.69) is 15.4 Å². The second kappa shape index (κ2) is 7.63. The standard InChI is InChI=1S/C13H18N2O5S/c1-7-8(2)21-11(10(7)12(17)18)15-13(19)14-6-4-5-9(16)20-3/h4-6H2,1-3H3,(H,17,18)(H2,14,15,19). The molecule has 0 aliphatic carbocycles. The predicted molar refractivity (Wildman–Crippen MR) is 79.0 cm³/mol. The molecule has 116 valence electrons. The van der Waals surface area contributed by atoms with E-state index in [1.54, 1.807) is 13.8 Å². The van der Waals surface area contributed by atoms with Crippen LogP contribution in [0.4, 0.5) is 9.80 Å². The van der Waals surface area contributed by atoms with Gasteiger partial charge < -0.3 is 15.2 Å². The van der Waals surface area contributed by atoms with Gasteiger partial charge in [0.15, 0.2) is 0 Å². The molecule has 0 radical (unpaired) electrons. The molecular formula is C13H18N2O5S. The highest BCUT2D eigenvalue weighted by molar-refractivity contribution is 7.16. The minimum Gasteiger partial charge on any atom is -0.478 e. The lowest BCUT2D eigenvalue weighted by Crippen LogP contribution is -2.30. The van der Waals surface area contributed by atoms with Crippen LogP contribution in [0.1, 0.15) is 33.6 Å². The van der Waals surface area contributed by atoms with Crippen LogP contribution in [-0.2, 0) is 9.53 Å². The lowest BCUT2D eigenvalue weighted by molar-refractivity contribution is -0.140. The van der Waals surface area contributed by atoms with Crippen LogP contribution in [0, 0.1) is 13.8 Å². The number of carboxylic acids is 1. The van der Waals surface area contributed by atoms with E-state index in [1.165, 1.54) is 18.4 Å². The normalized spacial score (nSPS) is 10.0. The second-order valence-corrected chi connectivity index (χ2v) is 5.58. The topological polar surface area (TPSA) is 105 Å². The van der Waals surface area contributed by atoms with Gasteiger partial charge in [0, 0.05) is 17.8 Å². The molecule has 21 heavy (non-hydrogen) atoms. The van der Waals surface area contributed by atoms with Crippen molar-refractivity contribution in [3.05, 3.63) is 16.0 Å². The maximum atomic E-state index is 11.7. The zero-order chi connectivity index (χ0) is 16.0. The first-order valence-corrected chi connectivity index (χ1v) is 7.13. The average Bonchev–Trinajstić information content (AvgIpc) is 2.69. The Balaban J connectivity index is 2.54. The summed E-state index contributed by atoms with van der Waals surface area (Å²) < 4.78 is 4.48. The van der Waals surface area contributed by atoms with Gasteiger partial charge in [0.05, 0.1) is 12.7 Å². The van der Waals surface area contributed by atoms with Gasteiger partial charge in [0.1, 0.15) is 5.00 Å². The third-order valence-electron chi connectivity index (χ3n) is 2.90. The van der Waals surface area contributed by atoms with Crippen molar-refractivity contribution in [3.8, 4) is 0 Å². The summed E-state index contributed by atoms with van der Waals surface area (Å²) in [5.41, 5.74) is 0.760. The zero-order valence-corrected chi connectivity index (χ0v) is 12.9. The van der Waals surface area contributed by atoms with E-state index in [9.17, 15) is 14.4 Å². The highest BCUT2D eigenvalue weighted by Gasteiger charge is 2.20. The maximum absolute atomic E-state index is 11.7. The monoisotopic (exact) mass is 314 g/mol. The van der Waals surface area contributed by atoms with Gasteiger partial charge in [0.2, 0.25) is 0 Å². The number of anilines is 1. The van der Waals surface area contributed by atoms with E-state index >= 15 is 0 Å². The molecule has 0 fully saturated rings. The Labute approximate surface area is 126 Å². The molecule has 1 heterocycles. The van der Waals surface area contributed by atoms with E-state index in [-0.39, 0.29) is 18.0 Å². The van der Waals surface area contributed by atoms with Crippen LogP contribution in [0.15, 0.2) is 0 Å². The number of carbonyl (C=O) groups is 3. The van der Waals surface area contributed by atoms with E-state index in [1.807, 2.05) is 0 Å². The molecule has 0 atom stereocenters. The van der Waals surface area contributed by atoms with Crippen molar-refractivity contribution in [2.45, 2.75) is 26.7 Å². The van der Waals surface area contributed by atoms with E-state index in [0.29, 0.717) is 23.5 Å². The number of esters is 1.